The van der Waals surface area contributed by atoms with E-state index in [0.29, 0.717) is 23.9 Å². The van der Waals surface area contributed by atoms with Crippen molar-refractivity contribution in [3.63, 3.8) is 0 Å². The van der Waals surface area contributed by atoms with Crippen molar-refractivity contribution in [1.82, 2.24) is 19.7 Å². The molecule has 0 saturated heterocycles. The molecule has 30 heavy (non-hydrogen) atoms. The molecule has 1 aromatic carbocycles. The highest BCUT2D eigenvalue weighted by Crippen LogP contribution is 2.48. The molecule has 3 aliphatic rings. The largest absolute Gasteiger partial charge is 0.487 e. The Hall–Kier alpha value is -3.22. The Morgan fingerprint density at radius 3 is 2.80 bits per heavy atom. The number of aromatic nitrogens is 4. The highest BCUT2D eigenvalue weighted by Gasteiger charge is 2.45. The molecule has 0 bridgehead atoms. The van der Waals surface area contributed by atoms with E-state index < -0.39 is 0 Å². The molecule has 2 aromatic heterocycles. The maximum atomic E-state index is 13.2. The van der Waals surface area contributed by atoms with E-state index >= 15 is 0 Å². The van der Waals surface area contributed by atoms with Crippen molar-refractivity contribution in [2.45, 2.75) is 57.7 Å². The van der Waals surface area contributed by atoms with Crippen LogP contribution in [0, 0.1) is 0 Å². The Kier molecular flexibility index (Phi) is 3.61. The van der Waals surface area contributed by atoms with Crippen LogP contribution in [0.25, 0.3) is 11.5 Å². The van der Waals surface area contributed by atoms with Crippen LogP contribution in [0.3, 0.4) is 0 Å². The molecular weight excluding hydrogens is 378 g/mol. The van der Waals surface area contributed by atoms with E-state index in [-0.39, 0.29) is 17.6 Å². The normalized spacial score (nSPS) is 18.5. The Balaban J connectivity index is 1.32. The zero-order valence-electron chi connectivity index (χ0n) is 17.1. The fourth-order valence-corrected chi connectivity index (χ4v) is 4.78. The van der Waals surface area contributed by atoms with Gasteiger partial charge in [-0.2, -0.15) is 0 Å². The molecule has 152 valence electrons. The molecule has 0 atom stereocenters. The molecule has 0 radical (unpaired) electrons. The molecule has 1 saturated carbocycles. The number of hydrogen-bond acceptors (Lipinski definition) is 5. The third-order valence-corrected chi connectivity index (χ3v) is 6.56. The molecule has 6 rings (SSSR count). The molecule has 4 heterocycles. The van der Waals surface area contributed by atoms with E-state index in [1.807, 2.05) is 28.8 Å². The van der Waals surface area contributed by atoms with Crippen LogP contribution in [-0.2, 0) is 13.0 Å². The van der Waals surface area contributed by atoms with Crippen LogP contribution in [0.5, 0.6) is 5.75 Å². The number of hydrogen-bond donors (Lipinski definition) is 0. The van der Waals surface area contributed by atoms with Crippen molar-refractivity contribution in [2.24, 2.45) is 0 Å². The lowest BCUT2D eigenvalue weighted by Crippen LogP contribution is -2.41. The first-order valence-electron chi connectivity index (χ1n) is 10.6. The zero-order valence-corrected chi connectivity index (χ0v) is 17.1. The summed E-state index contributed by atoms with van der Waals surface area (Å²) in [7, 11) is 0. The average molecular weight is 401 g/mol. The molecule has 7 heteroatoms. The van der Waals surface area contributed by atoms with Gasteiger partial charge in [0.15, 0.2) is 5.82 Å². The summed E-state index contributed by atoms with van der Waals surface area (Å²) in [6.07, 6.45) is 6.13. The van der Waals surface area contributed by atoms with Crippen LogP contribution in [0.1, 0.15) is 60.6 Å². The van der Waals surface area contributed by atoms with Crippen LogP contribution in [-0.4, -0.2) is 31.3 Å². The molecule has 2 aliphatic heterocycles. The summed E-state index contributed by atoms with van der Waals surface area (Å²) in [6.45, 7) is 4.68. The number of fused-ring (bicyclic) bond motifs is 2. The lowest BCUT2D eigenvalue weighted by molar-refractivity contribution is 0.0144. The van der Waals surface area contributed by atoms with Gasteiger partial charge in [-0.25, -0.2) is 4.98 Å². The number of carbonyl (C=O) groups excluding carboxylic acids is 1. The fourth-order valence-electron chi connectivity index (χ4n) is 4.78. The van der Waals surface area contributed by atoms with E-state index in [1.54, 1.807) is 11.2 Å². The summed E-state index contributed by atoms with van der Waals surface area (Å²) in [5.41, 5.74) is 3.72. The van der Waals surface area contributed by atoms with Crippen LogP contribution in [0.15, 0.2) is 36.7 Å². The Bertz CT molecular complexity index is 1180. The summed E-state index contributed by atoms with van der Waals surface area (Å²) in [5.74, 6) is 2.19. The van der Waals surface area contributed by atoms with Gasteiger partial charge in [0.1, 0.15) is 29.2 Å². The minimum Gasteiger partial charge on any atom is -0.487 e. The highest BCUT2D eigenvalue weighted by molar-refractivity contribution is 6.10. The smallest absolute Gasteiger partial charge is 0.260 e. The maximum absolute atomic E-state index is 13.2. The molecule has 1 aliphatic carbocycles. The molecule has 1 fully saturated rings. The minimum absolute atomic E-state index is 0.00239. The molecule has 1 amide bonds. The summed E-state index contributed by atoms with van der Waals surface area (Å²) in [4.78, 5) is 19.7. The van der Waals surface area contributed by atoms with Gasteiger partial charge in [0.05, 0.1) is 6.54 Å². The van der Waals surface area contributed by atoms with Gasteiger partial charge in [-0.15, -0.1) is 10.2 Å². The first kappa shape index (κ1) is 17.6. The number of amides is 1. The third kappa shape index (κ3) is 2.51. The summed E-state index contributed by atoms with van der Waals surface area (Å²) >= 11 is 0. The molecular formula is C23H23N5O2. The van der Waals surface area contributed by atoms with E-state index in [2.05, 4.69) is 30.1 Å². The predicted octanol–water partition coefficient (Wildman–Crippen LogP) is 3.94. The van der Waals surface area contributed by atoms with E-state index in [9.17, 15) is 4.79 Å². The minimum atomic E-state index is -0.0269. The summed E-state index contributed by atoms with van der Waals surface area (Å²) in [6, 6.07) is 10.0. The van der Waals surface area contributed by atoms with Crippen LogP contribution < -0.4 is 9.64 Å². The van der Waals surface area contributed by atoms with Gasteiger partial charge in [0.2, 0.25) is 0 Å². The summed E-state index contributed by atoms with van der Waals surface area (Å²) in [5, 5.41) is 8.26. The number of nitrogens with zero attached hydrogens (tertiary/aromatic N) is 5. The van der Waals surface area contributed by atoms with Gasteiger partial charge >= 0.3 is 0 Å². The second kappa shape index (κ2) is 6.14. The van der Waals surface area contributed by atoms with Gasteiger partial charge in [-0.1, -0.05) is 6.07 Å². The van der Waals surface area contributed by atoms with Crippen molar-refractivity contribution < 1.29 is 9.53 Å². The molecule has 3 aromatic rings. The number of ether oxygens (including phenoxy) is 1. The van der Waals surface area contributed by atoms with Crippen molar-refractivity contribution in [3.8, 4) is 17.3 Å². The SMILES string of the molecule is CC(C)n1cnnc1-c1cccc(N2Cc3cc4c(cc3C2=O)OC2(CCC2)C4)n1. The average Bonchev–Trinajstić information content (AvgIpc) is 3.41. The predicted molar refractivity (Wildman–Crippen MR) is 112 cm³/mol. The highest BCUT2D eigenvalue weighted by atomic mass is 16.5. The van der Waals surface area contributed by atoms with Crippen molar-refractivity contribution in [1.29, 1.82) is 0 Å². The third-order valence-electron chi connectivity index (χ3n) is 6.56. The lowest BCUT2D eigenvalue weighted by Gasteiger charge is -2.37. The second-order valence-corrected chi connectivity index (χ2v) is 8.86. The Morgan fingerprint density at radius 1 is 1.17 bits per heavy atom. The van der Waals surface area contributed by atoms with Gasteiger partial charge in [0.25, 0.3) is 5.91 Å². The van der Waals surface area contributed by atoms with Gasteiger partial charge < -0.3 is 9.30 Å². The van der Waals surface area contributed by atoms with Crippen molar-refractivity contribution in [2.75, 3.05) is 4.90 Å². The van der Waals surface area contributed by atoms with Crippen LogP contribution in [0.2, 0.25) is 0 Å². The van der Waals surface area contributed by atoms with Crippen LogP contribution >= 0.6 is 0 Å². The second-order valence-electron chi connectivity index (χ2n) is 8.86. The number of pyridine rings is 1. The molecule has 0 N–H and O–H groups in total. The quantitative estimate of drug-likeness (QED) is 0.665. The molecule has 0 unspecified atom stereocenters. The van der Waals surface area contributed by atoms with E-state index in [4.69, 9.17) is 9.72 Å². The topological polar surface area (TPSA) is 73.1 Å². The number of benzene rings is 1. The zero-order chi connectivity index (χ0) is 20.5. The van der Waals surface area contributed by atoms with Crippen molar-refractivity contribution >= 4 is 11.7 Å². The molecule has 7 nitrogen and oxygen atoms in total. The van der Waals surface area contributed by atoms with Gasteiger partial charge in [-0.05, 0) is 68.5 Å². The number of carbonyl (C=O) groups is 1. The Labute approximate surface area is 174 Å². The van der Waals surface area contributed by atoms with E-state index in [1.165, 1.54) is 12.0 Å². The maximum Gasteiger partial charge on any atom is 0.260 e. The Morgan fingerprint density at radius 2 is 2.03 bits per heavy atom. The first-order valence-corrected chi connectivity index (χ1v) is 10.6. The van der Waals surface area contributed by atoms with Crippen LogP contribution in [0.4, 0.5) is 5.82 Å². The van der Waals surface area contributed by atoms with Crippen molar-refractivity contribution in [3.05, 3.63) is 53.3 Å². The standard InChI is InChI=1S/C23H23N5O2/c1-14(2)28-13-24-26-21(28)18-5-3-6-20(25-18)27-12-16-9-15-11-23(7-4-8-23)30-19(15)10-17(16)22(27)29/h3,5-6,9-10,13-14H,4,7-8,11-12H2,1-2H3. The van der Waals surface area contributed by atoms with Gasteiger partial charge in [0, 0.05) is 18.0 Å². The number of rotatable bonds is 3. The number of anilines is 1. The fraction of sp³-hybridized carbons (Fsp3) is 0.391. The van der Waals surface area contributed by atoms with Gasteiger partial charge in [-0.3, -0.25) is 9.69 Å². The first-order chi connectivity index (χ1) is 14.5. The lowest BCUT2D eigenvalue weighted by atomic mass is 9.77. The van der Waals surface area contributed by atoms with E-state index in [0.717, 1.165) is 36.1 Å². The monoisotopic (exact) mass is 401 g/mol. The summed E-state index contributed by atoms with van der Waals surface area (Å²) < 4.78 is 8.22. The molecule has 1 spiro atoms.